The summed E-state index contributed by atoms with van der Waals surface area (Å²) in [5, 5.41) is 0. The lowest BCUT2D eigenvalue weighted by Gasteiger charge is -2.31. The Hall–Kier alpha value is -1.38. The first-order valence-electron chi connectivity index (χ1n) is 5.80. The number of carbonyl (C=O) groups is 1. The fourth-order valence-electron chi connectivity index (χ4n) is 1.99. The summed E-state index contributed by atoms with van der Waals surface area (Å²) in [5.41, 5.74) is 0.405. The number of carbonyl (C=O) groups excluding carboxylic acids is 1. The summed E-state index contributed by atoms with van der Waals surface area (Å²) in [4.78, 5) is 13.6. The third-order valence-electron chi connectivity index (χ3n) is 3.18. The molecule has 0 N–H and O–H groups in total. The van der Waals surface area contributed by atoms with Crippen LogP contribution in [-0.4, -0.2) is 12.5 Å². The highest BCUT2D eigenvalue weighted by Crippen LogP contribution is 2.30. The second-order valence-corrected chi connectivity index (χ2v) is 4.16. The van der Waals surface area contributed by atoms with E-state index in [0.29, 0.717) is 12.2 Å². The number of nitrogens with zero attached hydrogens (tertiary/aromatic N) is 1. The minimum absolute atomic E-state index is 0.0684. The number of anilines is 1. The topological polar surface area (TPSA) is 20.3 Å². The van der Waals surface area contributed by atoms with Gasteiger partial charge in [0.1, 0.15) is 5.82 Å². The highest BCUT2D eigenvalue weighted by molar-refractivity contribution is 5.95. The molecule has 2 nitrogen and oxygen atoms in total. The quantitative estimate of drug-likeness (QED) is 0.768. The van der Waals surface area contributed by atoms with Gasteiger partial charge in [-0.1, -0.05) is 18.6 Å². The summed E-state index contributed by atoms with van der Waals surface area (Å²) in [7, 11) is 0. The molecule has 1 saturated carbocycles. The molecule has 0 aromatic heterocycles. The van der Waals surface area contributed by atoms with Gasteiger partial charge in [0.05, 0.1) is 5.69 Å². The smallest absolute Gasteiger partial charge is 0.230 e. The number of amides is 1. The molecule has 1 fully saturated rings. The van der Waals surface area contributed by atoms with Crippen LogP contribution in [0.4, 0.5) is 10.1 Å². The van der Waals surface area contributed by atoms with Crippen LogP contribution in [-0.2, 0) is 4.79 Å². The van der Waals surface area contributed by atoms with Gasteiger partial charge in [0.15, 0.2) is 0 Å². The van der Waals surface area contributed by atoms with E-state index in [0.717, 1.165) is 19.3 Å². The van der Waals surface area contributed by atoms with Crippen molar-refractivity contribution in [3.63, 3.8) is 0 Å². The largest absolute Gasteiger partial charge is 0.310 e. The zero-order valence-corrected chi connectivity index (χ0v) is 9.45. The zero-order chi connectivity index (χ0) is 11.5. The fraction of sp³-hybridized carbons (Fsp3) is 0.462. The first kappa shape index (κ1) is 11.1. The average Bonchev–Trinajstić information content (AvgIpc) is 2.19. The van der Waals surface area contributed by atoms with Crippen molar-refractivity contribution < 1.29 is 9.18 Å². The second-order valence-electron chi connectivity index (χ2n) is 4.16. The van der Waals surface area contributed by atoms with Crippen molar-refractivity contribution in [3.8, 4) is 0 Å². The van der Waals surface area contributed by atoms with Crippen LogP contribution in [0.1, 0.15) is 26.2 Å². The van der Waals surface area contributed by atoms with Gasteiger partial charge < -0.3 is 4.90 Å². The van der Waals surface area contributed by atoms with Crippen molar-refractivity contribution in [2.45, 2.75) is 26.2 Å². The summed E-state index contributed by atoms with van der Waals surface area (Å²) >= 11 is 0. The molecule has 0 radical (unpaired) electrons. The van der Waals surface area contributed by atoms with E-state index in [1.165, 1.54) is 6.07 Å². The lowest BCUT2D eigenvalue weighted by Crippen LogP contribution is -2.39. The third-order valence-corrected chi connectivity index (χ3v) is 3.18. The van der Waals surface area contributed by atoms with E-state index in [-0.39, 0.29) is 17.6 Å². The molecule has 0 unspecified atom stereocenters. The molecular weight excluding hydrogens is 205 g/mol. The highest BCUT2D eigenvalue weighted by atomic mass is 19.1. The zero-order valence-electron chi connectivity index (χ0n) is 9.45. The van der Waals surface area contributed by atoms with Crippen LogP contribution >= 0.6 is 0 Å². The maximum Gasteiger partial charge on any atom is 0.230 e. The summed E-state index contributed by atoms with van der Waals surface area (Å²) < 4.78 is 13.6. The molecule has 0 bridgehead atoms. The van der Waals surface area contributed by atoms with Gasteiger partial charge in [-0.25, -0.2) is 4.39 Å². The number of halogens is 1. The molecule has 16 heavy (non-hydrogen) atoms. The van der Waals surface area contributed by atoms with E-state index in [9.17, 15) is 9.18 Å². The minimum atomic E-state index is -0.322. The Morgan fingerprint density at radius 2 is 2.12 bits per heavy atom. The molecule has 0 spiro atoms. The lowest BCUT2D eigenvalue weighted by atomic mass is 9.84. The number of hydrogen-bond acceptors (Lipinski definition) is 1. The summed E-state index contributed by atoms with van der Waals surface area (Å²) in [6.45, 7) is 2.40. The summed E-state index contributed by atoms with van der Waals surface area (Å²) in [6, 6.07) is 6.46. The predicted molar refractivity (Wildman–Crippen MR) is 61.8 cm³/mol. The molecule has 0 atom stereocenters. The minimum Gasteiger partial charge on any atom is -0.310 e. The number of hydrogen-bond donors (Lipinski definition) is 0. The molecule has 86 valence electrons. The maximum absolute atomic E-state index is 13.6. The monoisotopic (exact) mass is 221 g/mol. The Kier molecular flexibility index (Phi) is 3.22. The SMILES string of the molecule is CCN(C(=O)C1CCC1)c1ccccc1F. The fourth-order valence-corrected chi connectivity index (χ4v) is 1.99. The lowest BCUT2D eigenvalue weighted by molar-refractivity contribution is -0.124. The molecule has 1 aromatic rings. The molecule has 1 amide bonds. The van der Waals surface area contributed by atoms with Crippen LogP contribution in [0, 0.1) is 11.7 Å². The predicted octanol–water partition coefficient (Wildman–Crippen LogP) is 2.98. The number of para-hydroxylation sites is 1. The van der Waals surface area contributed by atoms with Crippen LogP contribution in [0.2, 0.25) is 0 Å². The molecule has 3 heteroatoms. The molecule has 0 heterocycles. The Morgan fingerprint density at radius 3 is 2.62 bits per heavy atom. The first-order chi connectivity index (χ1) is 7.74. The highest BCUT2D eigenvalue weighted by Gasteiger charge is 2.30. The maximum atomic E-state index is 13.6. The summed E-state index contributed by atoms with van der Waals surface area (Å²) in [5.74, 6) is -0.143. The van der Waals surface area contributed by atoms with Gasteiger partial charge in [0.2, 0.25) is 5.91 Å². The van der Waals surface area contributed by atoms with Gasteiger partial charge in [0.25, 0.3) is 0 Å². The van der Waals surface area contributed by atoms with E-state index < -0.39 is 0 Å². The van der Waals surface area contributed by atoms with Crippen molar-refractivity contribution in [1.82, 2.24) is 0 Å². The molecule has 1 aliphatic carbocycles. The molecule has 1 aliphatic rings. The molecule has 0 aliphatic heterocycles. The van der Waals surface area contributed by atoms with Gasteiger partial charge in [-0.3, -0.25) is 4.79 Å². The molecule has 2 rings (SSSR count). The van der Waals surface area contributed by atoms with E-state index in [4.69, 9.17) is 0 Å². The van der Waals surface area contributed by atoms with Crippen molar-refractivity contribution in [2.24, 2.45) is 5.92 Å². The number of benzene rings is 1. The Bertz CT molecular complexity index is 387. The van der Waals surface area contributed by atoms with Gasteiger partial charge in [-0.15, -0.1) is 0 Å². The van der Waals surface area contributed by atoms with Crippen LogP contribution in [0.15, 0.2) is 24.3 Å². The third kappa shape index (κ3) is 1.94. The Morgan fingerprint density at radius 1 is 1.44 bits per heavy atom. The van der Waals surface area contributed by atoms with Crippen LogP contribution in [0.3, 0.4) is 0 Å². The van der Waals surface area contributed by atoms with Crippen molar-refractivity contribution in [1.29, 1.82) is 0 Å². The van der Waals surface area contributed by atoms with Crippen molar-refractivity contribution in [2.75, 3.05) is 11.4 Å². The van der Waals surface area contributed by atoms with E-state index >= 15 is 0 Å². The Balaban J connectivity index is 2.21. The first-order valence-corrected chi connectivity index (χ1v) is 5.80. The molecule has 1 aromatic carbocycles. The van der Waals surface area contributed by atoms with E-state index in [1.54, 1.807) is 23.1 Å². The van der Waals surface area contributed by atoms with E-state index in [2.05, 4.69) is 0 Å². The van der Waals surface area contributed by atoms with Gasteiger partial charge in [-0.2, -0.15) is 0 Å². The van der Waals surface area contributed by atoms with Gasteiger partial charge >= 0.3 is 0 Å². The van der Waals surface area contributed by atoms with Crippen molar-refractivity contribution in [3.05, 3.63) is 30.1 Å². The summed E-state index contributed by atoms with van der Waals surface area (Å²) in [6.07, 6.45) is 3.01. The van der Waals surface area contributed by atoms with Gasteiger partial charge in [0, 0.05) is 12.5 Å². The van der Waals surface area contributed by atoms with Gasteiger partial charge in [-0.05, 0) is 31.9 Å². The van der Waals surface area contributed by atoms with Crippen LogP contribution in [0.5, 0.6) is 0 Å². The molecule has 0 saturated heterocycles. The average molecular weight is 221 g/mol. The number of rotatable bonds is 3. The van der Waals surface area contributed by atoms with Crippen molar-refractivity contribution >= 4 is 11.6 Å². The van der Waals surface area contributed by atoms with Crippen LogP contribution < -0.4 is 4.90 Å². The van der Waals surface area contributed by atoms with E-state index in [1.807, 2.05) is 6.92 Å². The second kappa shape index (κ2) is 4.64. The normalized spacial score (nSPS) is 15.6. The standard InChI is InChI=1S/C13H16FNO/c1-2-15(13(16)10-6-5-7-10)12-9-4-3-8-11(12)14/h3-4,8-10H,2,5-7H2,1H3. The molecular formula is C13H16FNO. The van der Waals surface area contributed by atoms with Crippen LogP contribution in [0.25, 0.3) is 0 Å². The Labute approximate surface area is 95.1 Å².